The minimum Gasteiger partial charge on any atom is -0.497 e. The summed E-state index contributed by atoms with van der Waals surface area (Å²) in [6, 6.07) is 4.28. The minimum atomic E-state index is -2.92. The van der Waals surface area contributed by atoms with Crippen molar-refractivity contribution in [3.05, 3.63) is 23.8 Å². The second-order valence-electron chi connectivity index (χ2n) is 3.29. The van der Waals surface area contributed by atoms with E-state index in [0.29, 0.717) is 11.3 Å². The van der Waals surface area contributed by atoms with Crippen molar-refractivity contribution in [1.29, 1.82) is 0 Å². The van der Waals surface area contributed by atoms with Gasteiger partial charge in [0.2, 0.25) is 0 Å². The topological polar surface area (TPSA) is 35.5 Å². The van der Waals surface area contributed by atoms with E-state index in [0.717, 1.165) is 0 Å². The summed E-state index contributed by atoms with van der Waals surface area (Å²) in [5.41, 5.74) is 0.507. The maximum Gasteiger partial charge on any atom is 0.387 e. The lowest BCUT2D eigenvalue weighted by Crippen LogP contribution is -2.05. The molecule has 0 saturated carbocycles. The second-order valence-corrected chi connectivity index (χ2v) is 4.21. The summed E-state index contributed by atoms with van der Waals surface area (Å²) >= 11 is 3.17. The van der Waals surface area contributed by atoms with E-state index in [1.54, 1.807) is 6.07 Å². The van der Waals surface area contributed by atoms with Gasteiger partial charge in [-0.2, -0.15) is 8.78 Å². The van der Waals surface area contributed by atoms with Crippen molar-refractivity contribution in [2.45, 2.75) is 18.4 Å². The molecule has 0 aromatic heterocycles. The Bertz CT molecular complexity index is 410. The van der Waals surface area contributed by atoms with Crippen LogP contribution in [0.5, 0.6) is 11.5 Å². The van der Waals surface area contributed by atoms with Gasteiger partial charge in [-0.25, -0.2) is 0 Å². The first-order chi connectivity index (χ1) is 7.93. The molecule has 0 aliphatic rings. The van der Waals surface area contributed by atoms with Crippen LogP contribution in [0.25, 0.3) is 0 Å². The number of carbonyl (C=O) groups excluding carboxylic acids is 1. The van der Waals surface area contributed by atoms with Gasteiger partial charge in [0.25, 0.3) is 0 Å². The lowest BCUT2D eigenvalue weighted by Gasteiger charge is -2.12. The lowest BCUT2D eigenvalue weighted by molar-refractivity contribution is -0.116. The quantitative estimate of drug-likeness (QED) is 0.783. The number of carbonyl (C=O) groups is 1. The van der Waals surface area contributed by atoms with E-state index in [1.807, 2.05) is 0 Å². The zero-order chi connectivity index (χ0) is 13.0. The summed E-state index contributed by atoms with van der Waals surface area (Å²) in [5, 5.41) is 0. The summed E-state index contributed by atoms with van der Waals surface area (Å²) in [5.74, 6) is 0.171. The minimum absolute atomic E-state index is 0.0416. The molecule has 1 aromatic carbocycles. The first kappa shape index (κ1) is 13.9. The molecule has 3 nitrogen and oxygen atoms in total. The third-order valence-corrected chi connectivity index (χ3v) is 3.19. The van der Waals surface area contributed by atoms with Crippen molar-refractivity contribution >= 4 is 21.7 Å². The maximum absolute atomic E-state index is 12.1. The van der Waals surface area contributed by atoms with E-state index in [2.05, 4.69) is 20.7 Å². The number of benzene rings is 1. The Labute approximate surface area is 106 Å². The predicted octanol–water partition coefficient (Wildman–Crippen LogP) is 3.32. The van der Waals surface area contributed by atoms with E-state index < -0.39 is 11.4 Å². The lowest BCUT2D eigenvalue weighted by atomic mass is 10.1. The van der Waals surface area contributed by atoms with Crippen molar-refractivity contribution in [3.8, 4) is 11.5 Å². The van der Waals surface area contributed by atoms with Gasteiger partial charge in [0.1, 0.15) is 17.3 Å². The second kappa shape index (κ2) is 5.95. The van der Waals surface area contributed by atoms with Crippen molar-refractivity contribution in [1.82, 2.24) is 0 Å². The maximum atomic E-state index is 12.1. The molecule has 1 unspecified atom stereocenters. The summed E-state index contributed by atoms with van der Waals surface area (Å²) in [7, 11) is 1.41. The molecule has 17 heavy (non-hydrogen) atoms. The number of rotatable bonds is 5. The molecule has 0 saturated heterocycles. The molecule has 6 heteroatoms. The van der Waals surface area contributed by atoms with Gasteiger partial charge in [-0.1, -0.05) is 15.9 Å². The predicted molar refractivity (Wildman–Crippen MR) is 62.0 cm³/mol. The zero-order valence-corrected chi connectivity index (χ0v) is 10.8. The van der Waals surface area contributed by atoms with E-state index in [4.69, 9.17) is 4.74 Å². The van der Waals surface area contributed by atoms with Crippen molar-refractivity contribution in [2.75, 3.05) is 7.11 Å². The molecular formula is C11H11BrF2O3. The number of hydrogen-bond acceptors (Lipinski definition) is 3. The molecule has 1 rings (SSSR count). The first-order valence-electron chi connectivity index (χ1n) is 4.72. The monoisotopic (exact) mass is 308 g/mol. The third-order valence-electron chi connectivity index (χ3n) is 2.01. The van der Waals surface area contributed by atoms with Crippen molar-refractivity contribution in [2.24, 2.45) is 0 Å². The summed E-state index contributed by atoms with van der Waals surface area (Å²) < 4.78 is 33.4. The number of methoxy groups -OCH3 is 1. The van der Waals surface area contributed by atoms with E-state index in [9.17, 15) is 13.6 Å². The fourth-order valence-corrected chi connectivity index (χ4v) is 1.53. The van der Waals surface area contributed by atoms with Gasteiger partial charge in [-0.05, 0) is 24.6 Å². The average Bonchev–Trinajstić information content (AvgIpc) is 2.26. The molecule has 0 N–H and O–H groups in total. The highest BCUT2D eigenvalue weighted by atomic mass is 79.9. The van der Waals surface area contributed by atoms with Crippen LogP contribution in [0.1, 0.15) is 17.3 Å². The fraction of sp³-hybridized carbons (Fsp3) is 0.364. The summed E-state index contributed by atoms with van der Waals surface area (Å²) in [6.07, 6.45) is 0. The molecule has 0 spiro atoms. The van der Waals surface area contributed by atoms with Crippen LogP contribution in [0, 0.1) is 0 Å². The molecule has 0 bridgehead atoms. The number of hydrogen-bond donors (Lipinski definition) is 0. The van der Waals surface area contributed by atoms with Gasteiger partial charge in [-0.15, -0.1) is 0 Å². The summed E-state index contributed by atoms with van der Waals surface area (Å²) in [4.78, 5) is 10.6. The number of Topliss-reactive ketones (excluding diaryl/α,β-unsaturated/α-hetero) is 1. The van der Waals surface area contributed by atoms with E-state index in [-0.39, 0.29) is 11.5 Å². The Morgan fingerprint density at radius 3 is 2.35 bits per heavy atom. The molecule has 0 aliphatic heterocycles. The van der Waals surface area contributed by atoms with Crippen LogP contribution in [0.3, 0.4) is 0 Å². The van der Waals surface area contributed by atoms with Crippen LogP contribution in [0.4, 0.5) is 8.78 Å². The smallest absolute Gasteiger partial charge is 0.387 e. The standard InChI is InChI=1S/C11H11BrF2O3/c1-6(15)10(12)7-3-8(16-2)5-9(4-7)17-11(13)14/h3-5,10-11H,1-2H3. The van der Waals surface area contributed by atoms with Gasteiger partial charge in [0.05, 0.1) is 11.9 Å². The summed E-state index contributed by atoms with van der Waals surface area (Å²) in [6.45, 7) is -1.52. The van der Waals surface area contributed by atoms with Crippen LogP contribution < -0.4 is 9.47 Å². The van der Waals surface area contributed by atoms with Crippen LogP contribution >= 0.6 is 15.9 Å². The highest BCUT2D eigenvalue weighted by Crippen LogP contribution is 2.31. The highest BCUT2D eigenvalue weighted by molar-refractivity contribution is 9.09. The third kappa shape index (κ3) is 3.96. The Morgan fingerprint density at radius 2 is 1.88 bits per heavy atom. The Balaban J connectivity index is 3.08. The Hall–Kier alpha value is -1.17. The van der Waals surface area contributed by atoms with Crippen LogP contribution in [0.15, 0.2) is 18.2 Å². The van der Waals surface area contributed by atoms with Crippen molar-refractivity contribution < 1.29 is 23.0 Å². The Morgan fingerprint density at radius 1 is 1.29 bits per heavy atom. The SMILES string of the molecule is COc1cc(OC(F)F)cc(C(Br)C(C)=O)c1. The normalized spacial score (nSPS) is 12.4. The molecule has 0 amide bonds. The number of halogens is 3. The first-order valence-corrected chi connectivity index (χ1v) is 5.64. The largest absolute Gasteiger partial charge is 0.497 e. The molecular weight excluding hydrogens is 298 g/mol. The van der Waals surface area contributed by atoms with E-state index >= 15 is 0 Å². The molecule has 0 heterocycles. The zero-order valence-electron chi connectivity index (χ0n) is 9.25. The van der Waals surface area contributed by atoms with Gasteiger partial charge in [0.15, 0.2) is 0 Å². The average molecular weight is 309 g/mol. The molecule has 1 aromatic rings. The number of ketones is 1. The highest BCUT2D eigenvalue weighted by Gasteiger charge is 2.16. The van der Waals surface area contributed by atoms with Gasteiger partial charge in [0, 0.05) is 6.07 Å². The van der Waals surface area contributed by atoms with Gasteiger partial charge in [-0.3, -0.25) is 4.79 Å². The Kier molecular flexibility index (Phi) is 4.86. The number of alkyl halides is 3. The van der Waals surface area contributed by atoms with Gasteiger partial charge < -0.3 is 9.47 Å². The number of ether oxygens (including phenoxy) is 2. The molecule has 1 atom stereocenters. The van der Waals surface area contributed by atoms with Crippen LogP contribution in [-0.4, -0.2) is 19.5 Å². The molecule has 0 aliphatic carbocycles. The van der Waals surface area contributed by atoms with Crippen LogP contribution in [-0.2, 0) is 4.79 Å². The van der Waals surface area contributed by atoms with Crippen LogP contribution in [0.2, 0.25) is 0 Å². The molecule has 94 valence electrons. The van der Waals surface area contributed by atoms with Gasteiger partial charge >= 0.3 is 6.61 Å². The molecule has 0 radical (unpaired) electrons. The fourth-order valence-electron chi connectivity index (χ4n) is 1.26. The van der Waals surface area contributed by atoms with E-state index in [1.165, 1.54) is 26.2 Å². The molecule has 0 fully saturated rings. The van der Waals surface area contributed by atoms with Crippen molar-refractivity contribution in [3.63, 3.8) is 0 Å².